The third-order valence-corrected chi connectivity index (χ3v) is 3.53. The summed E-state index contributed by atoms with van der Waals surface area (Å²) < 4.78 is 5.40. The van der Waals surface area contributed by atoms with E-state index < -0.39 is 0 Å². The van der Waals surface area contributed by atoms with Gasteiger partial charge in [-0.25, -0.2) is 0 Å². The fraction of sp³-hybridized carbons (Fsp3) is 0.188. The van der Waals surface area contributed by atoms with E-state index in [0.29, 0.717) is 28.0 Å². The molecule has 0 saturated carbocycles. The maximum atomic E-state index is 11.3. The molecule has 0 aliphatic rings. The van der Waals surface area contributed by atoms with Gasteiger partial charge in [-0.05, 0) is 25.5 Å². The summed E-state index contributed by atoms with van der Waals surface area (Å²) in [5.74, 6) is 0.607. The van der Waals surface area contributed by atoms with Gasteiger partial charge in [-0.2, -0.15) is 0 Å². The van der Waals surface area contributed by atoms with E-state index >= 15 is 0 Å². The average molecular weight is 309 g/mol. The highest BCUT2D eigenvalue weighted by Gasteiger charge is 2.10. The first kappa shape index (κ1) is 14.9. The molecular weight excluding hydrogens is 295 g/mol. The Kier molecular flexibility index (Phi) is 4.69. The maximum absolute atomic E-state index is 11.3. The van der Waals surface area contributed by atoms with Crippen LogP contribution in [0.25, 0.3) is 11.1 Å². The molecule has 4 heteroatoms. The van der Waals surface area contributed by atoms with Crippen LogP contribution >= 0.6 is 23.2 Å². The highest BCUT2D eigenvalue weighted by Crippen LogP contribution is 2.36. The monoisotopic (exact) mass is 308 g/mol. The predicted molar refractivity (Wildman–Crippen MR) is 83.1 cm³/mol. The molecule has 0 N–H and O–H groups in total. The summed E-state index contributed by atoms with van der Waals surface area (Å²) in [6.07, 6.45) is 0. The molecule has 2 nitrogen and oxygen atoms in total. The van der Waals surface area contributed by atoms with Crippen molar-refractivity contribution >= 4 is 29.0 Å². The molecule has 0 spiro atoms. The van der Waals surface area contributed by atoms with Crippen LogP contribution in [0.1, 0.15) is 24.2 Å². The number of hydrogen-bond acceptors (Lipinski definition) is 2. The fourth-order valence-corrected chi connectivity index (χ4v) is 2.38. The second-order valence-electron chi connectivity index (χ2n) is 4.33. The number of ether oxygens (including phenoxy) is 1. The van der Waals surface area contributed by atoms with Crippen LogP contribution in [0.5, 0.6) is 5.75 Å². The molecule has 0 saturated heterocycles. The number of benzene rings is 2. The quantitative estimate of drug-likeness (QED) is 0.720. The molecule has 0 radical (unpaired) electrons. The van der Waals surface area contributed by atoms with Gasteiger partial charge in [0.15, 0.2) is 5.78 Å². The second kappa shape index (κ2) is 6.29. The largest absolute Gasteiger partial charge is 0.492 e. The van der Waals surface area contributed by atoms with Crippen molar-refractivity contribution < 1.29 is 9.53 Å². The predicted octanol–water partition coefficient (Wildman–Crippen LogP) is 5.26. The normalized spacial score (nSPS) is 10.4. The Morgan fingerprint density at radius 2 is 1.75 bits per heavy atom. The highest BCUT2D eigenvalue weighted by molar-refractivity contribution is 6.36. The van der Waals surface area contributed by atoms with Crippen LogP contribution < -0.4 is 4.74 Å². The molecular formula is C16H14Cl2O2. The van der Waals surface area contributed by atoms with Crippen LogP contribution in [0.3, 0.4) is 0 Å². The lowest BCUT2D eigenvalue weighted by Gasteiger charge is -2.10. The molecule has 0 aliphatic heterocycles. The van der Waals surface area contributed by atoms with Crippen LogP contribution in [-0.2, 0) is 0 Å². The summed E-state index contributed by atoms with van der Waals surface area (Å²) in [5, 5.41) is 1.08. The number of carbonyl (C=O) groups excluding carboxylic acids is 1. The van der Waals surface area contributed by atoms with Crippen molar-refractivity contribution in [2.45, 2.75) is 13.8 Å². The molecule has 0 amide bonds. The Morgan fingerprint density at radius 1 is 1.10 bits per heavy atom. The molecule has 20 heavy (non-hydrogen) atoms. The van der Waals surface area contributed by atoms with Crippen LogP contribution in [-0.4, -0.2) is 12.4 Å². The molecule has 0 atom stereocenters. The molecule has 0 aliphatic carbocycles. The van der Waals surface area contributed by atoms with Crippen LogP contribution in [0.4, 0.5) is 0 Å². The van der Waals surface area contributed by atoms with Crippen molar-refractivity contribution in [2.24, 2.45) is 0 Å². The summed E-state index contributed by atoms with van der Waals surface area (Å²) in [6, 6.07) is 10.7. The molecule has 0 bridgehead atoms. The highest BCUT2D eigenvalue weighted by atomic mass is 35.5. The maximum Gasteiger partial charge on any atom is 0.159 e. The zero-order chi connectivity index (χ0) is 14.7. The first-order valence-corrected chi connectivity index (χ1v) is 7.01. The summed E-state index contributed by atoms with van der Waals surface area (Å²) in [6.45, 7) is 3.96. The second-order valence-corrected chi connectivity index (χ2v) is 5.14. The van der Waals surface area contributed by atoms with Crippen LogP contribution in [0.2, 0.25) is 10.0 Å². The minimum atomic E-state index is 0.0346. The van der Waals surface area contributed by atoms with E-state index in [1.54, 1.807) is 24.3 Å². The molecule has 0 heterocycles. The Hall–Kier alpha value is -1.51. The van der Waals surface area contributed by atoms with Gasteiger partial charge < -0.3 is 4.74 Å². The van der Waals surface area contributed by atoms with E-state index in [2.05, 4.69) is 0 Å². The summed E-state index contributed by atoms with van der Waals surface area (Å²) in [4.78, 5) is 11.3. The van der Waals surface area contributed by atoms with Gasteiger partial charge in [0.25, 0.3) is 0 Å². The third-order valence-electron chi connectivity index (χ3n) is 2.92. The van der Waals surface area contributed by atoms with Crippen molar-refractivity contribution in [3.63, 3.8) is 0 Å². The van der Waals surface area contributed by atoms with Crippen molar-refractivity contribution in [3.05, 3.63) is 52.0 Å². The van der Waals surface area contributed by atoms with E-state index in [-0.39, 0.29) is 5.78 Å². The fourth-order valence-electron chi connectivity index (χ4n) is 1.90. The van der Waals surface area contributed by atoms with Gasteiger partial charge in [-0.1, -0.05) is 47.5 Å². The summed E-state index contributed by atoms with van der Waals surface area (Å²) in [7, 11) is 0. The van der Waals surface area contributed by atoms with Gasteiger partial charge in [-0.15, -0.1) is 0 Å². The lowest BCUT2D eigenvalue weighted by atomic mass is 10.0. The van der Waals surface area contributed by atoms with Gasteiger partial charge in [0.2, 0.25) is 0 Å². The molecule has 2 aromatic rings. The van der Waals surface area contributed by atoms with Gasteiger partial charge >= 0.3 is 0 Å². The number of halogens is 2. The zero-order valence-electron chi connectivity index (χ0n) is 11.2. The lowest BCUT2D eigenvalue weighted by molar-refractivity contribution is 0.101. The van der Waals surface area contributed by atoms with Crippen LogP contribution in [0, 0.1) is 0 Å². The van der Waals surface area contributed by atoms with Gasteiger partial charge in [0.1, 0.15) is 5.75 Å². The van der Waals surface area contributed by atoms with E-state index in [4.69, 9.17) is 27.9 Å². The van der Waals surface area contributed by atoms with E-state index in [9.17, 15) is 4.79 Å². The number of hydrogen-bond donors (Lipinski definition) is 0. The van der Waals surface area contributed by atoms with Crippen LogP contribution in [0.15, 0.2) is 36.4 Å². The smallest absolute Gasteiger partial charge is 0.159 e. The number of carbonyl (C=O) groups is 1. The Labute approximate surface area is 128 Å². The van der Waals surface area contributed by atoms with Crippen molar-refractivity contribution in [2.75, 3.05) is 6.61 Å². The number of ketones is 1. The molecule has 0 unspecified atom stereocenters. The topological polar surface area (TPSA) is 26.3 Å². The molecule has 0 aromatic heterocycles. The SMILES string of the molecule is CCOc1cc(Cl)c(-c2ccc(C(C)=O)cc2)cc1Cl. The Balaban J connectivity index is 2.42. The van der Waals surface area contributed by atoms with Crippen molar-refractivity contribution in [3.8, 4) is 16.9 Å². The van der Waals surface area contributed by atoms with Crippen molar-refractivity contribution in [1.29, 1.82) is 0 Å². The third kappa shape index (κ3) is 3.14. The Bertz CT molecular complexity index is 634. The van der Waals surface area contributed by atoms with Gasteiger partial charge in [-0.3, -0.25) is 4.79 Å². The number of Topliss-reactive ketones (excluding diaryl/α,β-unsaturated/α-hetero) is 1. The standard InChI is InChI=1S/C16H14Cl2O2/c1-3-20-16-9-14(17)13(8-15(16)18)12-6-4-11(5-7-12)10(2)19/h4-9H,3H2,1-2H3. The lowest BCUT2D eigenvalue weighted by Crippen LogP contribution is -1.94. The number of rotatable bonds is 4. The first-order valence-electron chi connectivity index (χ1n) is 6.26. The van der Waals surface area contributed by atoms with Gasteiger partial charge in [0.05, 0.1) is 16.7 Å². The minimum Gasteiger partial charge on any atom is -0.492 e. The summed E-state index contributed by atoms with van der Waals surface area (Å²) >= 11 is 12.4. The zero-order valence-corrected chi connectivity index (χ0v) is 12.8. The molecule has 0 fully saturated rings. The average Bonchev–Trinajstić information content (AvgIpc) is 2.43. The van der Waals surface area contributed by atoms with E-state index in [1.165, 1.54) is 6.92 Å². The molecule has 104 valence electrons. The van der Waals surface area contributed by atoms with E-state index in [0.717, 1.165) is 11.1 Å². The Morgan fingerprint density at radius 3 is 2.30 bits per heavy atom. The van der Waals surface area contributed by atoms with Gasteiger partial charge in [0, 0.05) is 17.2 Å². The first-order chi connectivity index (χ1) is 9.52. The van der Waals surface area contributed by atoms with Crippen molar-refractivity contribution in [1.82, 2.24) is 0 Å². The summed E-state index contributed by atoms with van der Waals surface area (Å²) in [5.41, 5.74) is 2.39. The molecule has 2 rings (SSSR count). The van der Waals surface area contributed by atoms with E-state index in [1.807, 2.05) is 19.1 Å². The minimum absolute atomic E-state index is 0.0346. The molecule has 2 aromatic carbocycles.